The van der Waals surface area contributed by atoms with Crippen LogP contribution in [0.25, 0.3) is 0 Å². The third kappa shape index (κ3) is 8.34. The van der Waals surface area contributed by atoms with Crippen molar-refractivity contribution in [2.24, 2.45) is 5.92 Å². The first-order chi connectivity index (χ1) is 9.38. The molecule has 7 nitrogen and oxygen atoms in total. The summed E-state index contributed by atoms with van der Waals surface area (Å²) < 4.78 is 0. The Hall–Kier alpha value is -1.79. The number of rotatable bonds is 9. The highest BCUT2D eigenvalue weighted by molar-refractivity contribution is 5.79. The lowest BCUT2D eigenvalue weighted by Gasteiger charge is -2.21. The fourth-order valence-corrected chi connectivity index (χ4v) is 1.73. The maximum absolute atomic E-state index is 11.7. The molecule has 1 atom stereocenters. The van der Waals surface area contributed by atoms with Crippen LogP contribution >= 0.6 is 0 Å². The lowest BCUT2D eigenvalue weighted by molar-refractivity contribution is -0.137. The van der Waals surface area contributed by atoms with E-state index in [1.54, 1.807) is 21.0 Å². The van der Waals surface area contributed by atoms with Gasteiger partial charge in [0.05, 0.1) is 5.92 Å². The number of aliphatic carboxylic acids is 1. The molecule has 0 radical (unpaired) electrons. The third-order valence-corrected chi connectivity index (χ3v) is 2.93. The zero-order valence-electron chi connectivity index (χ0n) is 12.4. The van der Waals surface area contributed by atoms with E-state index in [2.05, 4.69) is 10.6 Å². The standard InChI is InChI=1S/C13H25N3O4/c1-10(12(19)14-2)9-16(3)13(20)15-8-6-4-5-7-11(17)18/h10H,4-9H2,1-3H3,(H,14,19)(H,15,20)(H,17,18). The third-order valence-electron chi connectivity index (χ3n) is 2.93. The van der Waals surface area contributed by atoms with Crippen LogP contribution in [0.15, 0.2) is 0 Å². The van der Waals surface area contributed by atoms with Gasteiger partial charge in [-0.05, 0) is 12.8 Å². The Bertz CT molecular complexity index is 334. The lowest BCUT2D eigenvalue weighted by Crippen LogP contribution is -2.42. The molecular formula is C13H25N3O4. The van der Waals surface area contributed by atoms with Gasteiger partial charge in [-0.15, -0.1) is 0 Å². The molecule has 116 valence electrons. The number of nitrogens with one attached hydrogen (secondary N) is 2. The van der Waals surface area contributed by atoms with E-state index in [9.17, 15) is 14.4 Å². The Balaban J connectivity index is 3.75. The van der Waals surface area contributed by atoms with E-state index in [0.717, 1.165) is 12.8 Å². The van der Waals surface area contributed by atoms with Gasteiger partial charge < -0.3 is 20.6 Å². The molecule has 0 saturated carbocycles. The van der Waals surface area contributed by atoms with Crippen molar-refractivity contribution in [1.29, 1.82) is 0 Å². The minimum Gasteiger partial charge on any atom is -0.481 e. The molecule has 0 fully saturated rings. The molecule has 0 aromatic heterocycles. The second kappa shape index (κ2) is 10.1. The van der Waals surface area contributed by atoms with Crippen molar-refractivity contribution in [2.75, 3.05) is 27.2 Å². The predicted molar refractivity (Wildman–Crippen MR) is 75.4 cm³/mol. The molecule has 3 amide bonds. The summed E-state index contributed by atoms with van der Waals surface area (Å²) in [7, 11) is 3.20. The number of carbonyl (C=O) groups excluding carboxylic acids is 2. The summed E-state index contributed by atoms with van der Waals surface area (Å²) in [6, 6.07) is -0.223. The van der Waals surface area contributed by atoms with Crippen molar-refractivity contribution in [1.82, 2.24) is 15.5 Å². The molecule has 0 aliphatic heterocycles. The van der Waals surface area contributed by atoms with E-state index >= 15 is 0 Å². The van der Waals surface area contributed by atoms with Crippen molar-refractivity contribution in [3.8, 4) is 0 Å². The first-order valence-electron chi connectivity index (χ1n) is 6.80. The molecule has 0 aromatic rings. The average molecular weight is 287 g/mol. The predicted octanol–water partition coefficient (Wildman–Crippen LogP) is 0.655. The Labute approximate surface area is 119 Å². The van der Waals surface area contributed by atoms with Crippen LogP contribution in [0, 0.1) is 5.92 Å². The van der Waals surface area contributed by atoms with Crippen molar-refractivity contribution >= 4 is 17.9 Å². The molecule has 0 rings (SSSR count). The molecule has 20 heavy (non-hydrogen) atoms. The van der Waals surface area contributed by atoms with Gasteiger partial charge in [0.2, 0.25) is 5.91 Å². The number of carbonyl (C=O) groups is 3. The second-order valence-electron chi connectivity index (χ2n) is 4.83. The van der Waals surface area contributed by atoms with Crippen LogP contribution in [-0.4, -0.2) is 55.1 Å². The summed E-state index contributed by atoms with van der Waals surface area (Å²) in [6.07, 6.45) is 2.30. The number of carboxylic acids is 1. The van der Waals surface area contributed by atoms with E-state index in [-0.39, 0.29) is 24.3 Å². The quantitative estimate of drug-likeness (QED) is 0.542. The monoisotopic (exact) mass is 287 g/mol. The van der Waals surface area contributed by atoms with Crippen molar-refractivity contribution in [3.63, 3.8) is 0 Å². The molecule has 0 aromatic carbocycles. The van der Waals surface area contributed by atoms with Crippen LogP contribution in [0.4, 0.5) is 4.79 Å². The molecule has 0 aliphatic rings. The number of amides is 3. The Morgan fingerprint density at radius 3 is 2.40 bits per heavy atom. The van der Waals surface area contributed by atoms with Crippen LogP contribution in [0.1, 0.15) is 32.6 Å². The van der Waals surface area contributed by atoms with E-state index in [4.69, 9.17) is 5.11 Å². The van der Waals surface area contributed by atoms with E-state index < -0.39 is 5.97 Å². The highest BCUT2D eigenvalue weighted by Crippen LogP contribution is 2.00. The van der Waals surface area contributed by atoms with Gasteiger partial charge in [-0.1, -0.05) is 13.3 Å². The largest absolute Gasteiger partial charge is 0.481 e. The van der Waals surface area contributed by atoms with Gasteiger partial charge in [0.15, 0.2) is 0 Å². The second-order valence-corrected chi connectivity index (χ2v) is 4.83. The summed E-state index contributed by atoms with van der Waals surface area (Å²) >= 11 is 0. The van der Waals surface area contributed by atoms with E-state index in [1.165, 1.54) is 4.90 Å². The molecule has 0 bridgehead atoms. The maximum atomic E-state index is 11.7. The smallest absolute Gasteiger partial charge is 0.317 e. The minimum atomic E-state index is -0.794. The molecule has 1 unspecified atom stereocenters. The van der Waals surface area contributed by atoms with E-state index in [0.29, 0.717) is 19.5 Å². The van der Waals surface area contributed by atoms with Crippen LogP contribution < -0.4 is 10.6 Å². The molecule has 0 aliphatic carbocycles. The van der Waals surface area contributed by atoms with Crippen molar-refractivity contribution < 1.29 is 19.5 Å². The highest BCUT2D eigenvalue weighted by Gasteiger charge is 2.16. The van der Waals surface area contributed by atoms with E-state index in [1.807, 2.05) is 0 Å². The first-order valence-corrected chi connectivity index (χ1v) is 6.80. The molecule has 0 heterocycles. The number of urea groups is 1. The molecular weight excluding hydrogens is 262 g/mol. The summed E-state index contributed by atoms with van der Waals surface area (Å²) in [5.41, 5.74) is 0. The SMILES string of the molecule is CNC(=O)C(C)CN(C)C(=O)NCCCCCC(=O)O. The van der Waals surface area contributed by atoms with Gasteiger partial charge in [0, 0.05) is 33.6 Å². The number of hydrogen-bond acceptors (Lipinski definition) is 3. The average Bonchev–Trinajstić information content (AvgIpc) is 2.40. The van der Waals surface area contributed by atoms with Gasteiger partial charge in [-0.25, -0.2) is 4.79 Å². The van der Waals surface area contributed by atoms with Crippen LogP contribution in [0.2, 0.25) is 0 Å². The fraction of sp³-hybridized carbons (Fsp3) is 0.769. The number of hydrogen-bond donors (Lipinski definition) is 3. The Kier molecular flexibility index (Phi) is 9.15. The normalized spacial score (nSPS) is 11.6. The maximum Gasteiger partial charge on any atom is 0.317 e. The summed E-state index contributed by atoms with van der Waals surface area (Å²) in [6.45, 7) is 2.62. The minimum absolute atomic E-state index is 0.0988. The van der Waals surface area contributed by atoms with Gasteiger partial charge in [0.25, 0.3) is 0 Å². The van der Waals surface area contributed by atoms with Crippen LogP contribution in [0.5, 0.6) is 0 Å². The number of nitrogens with zero attached hydrogens (tertiary/aromatic N) is 1. The van der Waals surface area contributed by atoms with Crippen LogP contribution in [0.3, 0.4) is 0 Å². The molecule has 0 spiro atoms. The topological polar surface area (TPSA) is 98.7 Å². The summed E-state index contributed by atoms with van der Waals surface area (Å²) in [5, 5.41) is 13.8. The van der Waals surface area contributed by atoms with Crippen molar-refractivity contribution in [3.05, 3.63) is 0 Å². The number of unbranched alkanes of at least 4 members (excludes halogenated alkanes) is 2. The van der Waals surface area contributed by atoms with Gasteiger partial charge in [-0.2, -0.15) is 0 Å². The zero-order chi connectivity index (χ0) is 15.5. The molecule has 0 saturated heterocycles. The van der Waals surface area contributed by atoms with Gasteiger partial charge >= 0.3 is 12.0 Å². The number of carboxylic acid groups (broad SMARTS) is 1. The highest BCUT2D eigenvalue weighted by atomic mass is 16.4. The Morgan fingerprint density at radius 1 is 1.20 bits per heavy atom. The molecule has 7 heteroatoms. The Morgan fingerprint density at radius 2 is 1.85 bits per heavy atom. The van der Waals surface area contributed by atoms with Crippen LogP contribution in [-0.2, 0) is 9.59 Å². The van der Waals surface area contributed by atoms with Gasteiger partial charge in [0.1, 0.15) is 0 Å². The zero-order valence-corrected chi connectivity index (χ0v) is 12.4. The molecule has 3 N–H and O–H groups in total. The first kappa shape index (κ1) is 18.2. The fourth-order valence-electron chi connectivity index (χ4n) is 1.73. The van der Waals surface area contributed by atoms with Gasteiger partial charge in [-0.3, -0.25) is 9.59 Å². The summed E-state index contributed by atoms with van der Waals surface area (Å²) in [5.74, 6) is -1.15. The van der Waals surface area contributed by atoms with Crippen molar-refractivity contribution in [2.45, 2.75) is 32.6 Å². The lowest BCUT2D eigenvalue weighted by atomic mass is 10.1. The summed E-state index contributed by atoms with van der Waals surface area (Å²) in [4.78, 5) is 34.8.